The Kier molecular flexibility index (Phi) is 6.69. The molecular weight excluding hydrogens is 386 g/mol. The summed E-state index contributed by atoms with van der Waals surface area (Å²) in [6.07, 6.45) is 12.4. The summed E-state index contributed by atoms with van der Waals surface area (Å²) in [5, 5.41) is 0. The number of likely N-dealkylation sites (tertiary alicyclic amines) is 1. The number of pyridine rings is 1. The molecule has 0 spiro atoms. The van der Waals surface area contributed by atoms with Gasteiger partial charge in [-0.1, -0.05) is 49.6 Å². The molecule has 164 valence electrons. The van der Waals surface area contributed by atoms with Crippen molar-refractivity contribution < 1.29 is 9.59 Å². The van der Waals surface area contributed by atoms with E-state index in [4.69, 9.17) is 5.73 Å². The minimum Gasteiger partial charge on any atom is -0.369 e. The van der Waals surface area contributed by atoms with Crippen LogP contribution in [0.3, 0.4) is 0 Å². The van der Waals surface area contributed by atoms with E-state index < -0.39 is 5.41 Å². The number of primary amides is 1. The highest BCUT2D eigenvalue weighted by Crippen LogP contribution is 2.36. The predicted molar refractivity (Wildman–Crippen MR) is 122 cm³/mol. The van der Waals surface area contributed by atoms with E-state index in [2.05, 4.69) is 17.1 Å². The lowest BCUT2D eigenvalue weighted by molar-refractivity contribution is -0.140. The van der Waals surface area contributed by atoms with Crippen molar-refractivity contribution in [2.45, 2.75) is 57.8 Å². The van der Waals surface area contributed by atoms with Crippen molar-refractivity contribution in [2.75, 3.05) is 13.1 Å². The minimum absolute atomic E-state index is 0.196. The van der Waals surface area contributed by atoms with Gasteiger partial charge in [0.2, 0.25) is 11.8 Å². The fraction of sp³-hybridized carbons (Fsp3) is 0.500. The smallest absolute Gasteiger partial charge is 0.225 e. The molecule has 31 heavy (non-hydrogen) atoms. The van der Waals surface area contributed by atoms with E-state index in [-0.39, 0.29) is 11.8 Å². The molecule has 1 aromatic heterocycles. The molecule has 1 atom stereocenters. The van der Waals surface area contributed by atoms with E-state index in [0.717, 1.165) is 48.9 Å². The Balaban J connectivity index is 1.49. The highest BCUT2D eigenvalue weighted by atomic mass is 16.2. The van der Waals surface area contributed by atoms with Crippen molar-refractivity contribution in [1.82, 2.24) is 9.88 Å². The monoisotopic (exact) mass is 419 g/mol. The van der Waals surface area contributed by atoms with Crippen LogP contribution in [0.1, 0.15) is 56.9 Å². The SMILES string of the molecule is NC(=O)C1(Cc2cccc(-c3cccnc3)c2)CCCN(C(=O)CC2CCCCC2)C1. The fourth-order valence-corrected chi connectivity index (χ4v) is 5.33. The van der Waals surface area contributed by atoms with Gasteiger partial charge >= 0.3 is 0 Å². The van der Waals surface area contributed by atoms with Crippen LogP contribution in [-0.4, -0.2) is 34.8 Å². The molecule has 2 heterocycles. The van der Waals surface area contributed by atoms with Crippen LogP contribution in [0.15, 0.2) is 48.8 Å². The van der Waals surface area contributed by atoms with Crippen LogP contribution >= 0.6 is 0 Å². The number of piperidine rings is 1. The van der Waals surface area contributed by atoms with Crippen LogP contribution in [0, 0.1) is 11.3 Å². The molecule has 2 aliphatic rings. The first-order valence-corrected chi connectivity index (χ1v) is 11.6. The third-order valence-corrected chi connectivity index (χ3v) is 7.10. The second-order valence-electron chi connectivity index (χ2n) is 9.39. The summed E-state index contributed by atoms with van der Waals surface area (Å²) in [6.45, 7) is 1.17. The normalized spacial score (nSPS) is 22.3. The summed E-state index contributed by atoms with van der Waals surface area (Å²) in [4.78, 5) is 31.8. The number of nitrogens with zero attached hydrogens (tertiary/aromatic N) is 2. The molecule has 1 aliphatic heterocycles. The zero-order chi connectivity index (χ0) is 21.7. The van der Waals surface area contributed by atoms with Gasteiger partial charge < -0.3 is 10.6 Å². The molecule has 2 aromatic rings. The van der Waals surface area contributed by atoms with Gasteiger partial charge in [0.05, 0.1) is 5.41 Å². The second kappa shape index (κ2) is 9.63. The number of rotatable bonds is 6. The Bertz CT molecular complexity index is 908. The van der Waals surface area contributed by atoms with Gasteiger partial charge in [0.15, 0.2) is 0 Å². The topological polar surface area (TPSA) is 76.3 Å². The molecule has 4 rings (SSSR count). The number of carbonyl (C=O) groups is 2. The molecule has 5 nitrogen and oxygen atoms in total. The van der Waals surface area contributed by atoms with Crippen molar-refractivity contribution in [3.8, 4) is 11.1 Å². The first kappa shape index (κ1) is 21.5. The summed E-state index contributed by atoms with van der Waals surface area (Å²) in [5.41, 5.74) is 8.45. The Morgan fingerprint density at radius 2 is 1.87 bits per heavy atom. The number of benzene rings is 1. The number of nitrogens with two attached hydrogens (primary N) is 1. The molecule has 2 N–H and O–H groups in total. The maximum absolute atomic E-state index is 13.0. The first-order chi connectivity index (χ1) is 15.1. The molecule has 2 amide bonds. The van der Waals surface area contributed by atoms with Crippen LogP contribution in [0.4, 0.5) is 0 Å². The molecule has 1 unspecified atom stereocenters. The molecule has 1 saturated heterocycles. The summed E-state index contributed by atoms with van der Waals surface area (Å²) < 4.78 is 0. The summed E-state index contributed by atoms with van der Waals surface area (Å²) >= 11 is 0. The van der Waals surface area contributed by atoms with E-state index in [1.165, 1.54) is 19.3 Å². The van der Waals surface area contributed by atoms with Gasteiger partial charge in [-0.05, 0) is 60.8 Å². The van der Waals surface area contributed by atoms with Crippen molar-refractivity contribution >= 4 is 11.8 Å². The fourth-order valence-electron chi connectivity index (χ4n) is 5.33. The van der Waals surface area contributed by atoms with Crippen molar-refractivity contribution in [3.63, 3.8) is 0 Å². The van der Waals surface area contributed by atoms with E-state index in [1.54, 1.807) is 6.20 Å². The van der Waals surface area contributed by atoms with Gasteiger partial charge in [0.25, 0.3) is 0 Å². The molecule has 0 radical (unpaired) electrons. The lowest BCUT2D eigenvalue weighted by Gasteiger charge is -2.41. The summed E-state index contributed by atoms with van der Waals surface area (Å²) in [5.74, 6) is 0.401. The van der Waals surface area contributed by atoms with Gasteiger partial charge in [0, 0.05) is 31.9 Å². The highest BCUT2D eigenvalue weighted by Gasteiger charge is 2.42. The largest absolute Gasteiger partial charge is 0.369 e. The average molecular weight is 420 g/mol. The standard InChI is InChI=1S/C26H33N3O2/c27-25(31)26(17-21-9-4-10-22(15-21)23-11-5-13-28-18-23)12-6-14-29(19-26)24(30)16-20-7-2-1-3-8-20/h4-5,9-11,13,15,18,20H,1-3,6-8,12,14,16-17,19H2,(H2,27,31). The average Bonchev–Trinajstić information content (AvgIpc) is 2.80. The zero-order valence-corrected chi connectivity index (χ0v) is 18.3. The van der Waals surface area contributed by atoms with Crippen molar-refractivity contribution in [2.24, 2.45) is 17.1 Å². The quantitative estimate of drug-likeness (QED) is 0.756. The van der Waals surface area contributed by atoms with E-state index in [0.29, 0.717) is 25.3 Å². The summed E-state index contributed by atoms with van der Waals surface area (Å²) in [6, 6.07) is 12.2. The first-order valence-electron chi connectivity index (χ1n) is 11.6. The molecule has 1 aliphatic carbocycles. The molecule has 1 aromatic carbocycles. The van der Waals surface area contributed by atoms with Crippen molar-refractivity contribution in [1.29, 1.82) is 0 Å². The zero-order valence-electron chi connectivity index (χ0n) is 18.3. The van der Waals surface area contributed by atoms with E-state index in [9.17, 15) is 9.59 Å². The van der Waals surface area contributed by atoms with Gasteiger partial charge in [-0.25, -0.2) is 0 Å². The maximum atomic E-state index is 13.0. The van der Waals surface area contributed by atoms with Crippen molar-refractivity contribution in [3.05, 3.63) is 54.4 Å². The number of hydrogen-bond donors (Lipinski definition) is 1. The molecule has 5 heteroatoms. The van der Waals surface area contributed by atoms with Crippen LogP contribution in [-0.2, 0) is 16.0 Å². The Labute approximate surface area is 185 Å². The van der Waals surface area contributed by atoms with E-state index in [1.807, 2.05) is 35.4 Å². The number of amides is 2. The van der Waals surface area contributed by atoms with Crippen LogP contribution in [0.5, 0.6) is 0 Å². The van der Waals surface area contributed by atoms with E-state index >= 15 is 0 Å². The highest BCUT2D eigenvalue weighted by molar-refractivity contribution is 5.83. The number of carbonyl (C=O) groups excluding carboxylic acids is 2. The third-order valence-electron chi connectivity index (χ3n) is 7.10. The third kappa shape index (κ3) is 5.15. The number of hydrogen-bond acceptors (Lipinski definition) is 3. The lowest BCUT2D eigenvalue weighted by Crippen LogP contribution is -2.53. The Hall–Kier alpha value is -2.69. The molecule has 2 fully saturated rings. The Morgan fingerprint density at radius 1 is 1.06 bits per heavy atom. The maximum Gasteiger partial charge on any atom is 0.225 e. The van der Waals surface area contributed by atoms with Gasteiger partial charge in [-0.2, -0.15) is 0 Å². The Morgan fingerprint density at radius 3 is 2.61 bits per heavy atom. The molecule has 0 bridgehead atoms. The van der Waals surface area contributed by atoms with Gasteiger partial charge in [0.1, 0.15) is 0 Å². The predicted octanol–water partition coefficient (Wildman–Crippen LogP) is 4.36. The lowest BCUT2D eigenvalue weighted by atomic mass is 9.74. The van der Waals surface area contributed by atoms with Crippen LogP contribution in [0.2, 0.25) is 0 Å². The van der Waals surface area contributed by atoms with Gasteiger partial charge in [-0.3, -0.25) is 14.6 Å². The molecular formula is C26H33N3O2. The van der Waals surface area contributed by atoms with Gasteiger partial charge in [-0.15, -0.1) is 0 Å². The van der Waals surface area contributed by atoms with Crippen LogP contribution < -0.4 is 5.73 Å². The second-order valence-corrected chi connectivity index (χ2v) is 9.39. The molecule has 1 saturated carbocycles. The minimum atomic E-state index is -0.700. The van der Waals surface area contributed by atoms with Crippen LogP contribution in [0.25, 0.3) is 11.1 Å². The summed E-state index contributed by atoms with van der Waals surface area (Å²) in [7, 11) is 0. The number of aromatic nitrogens is 1.